The van der Waals surface area contributed by atoms with Gasteiger partial charge in [-0.3, -0.25) is 0 Å². The van der Waals surface area contributed by atoms with Gasteiger partial charge in [-0.05, 0) is 260 Å². The lowest BCUT2D eigenvalue weighted by Crippen LogP contribution is -2.27. The van der Waals surface area contributed by atoms with Gasteiger partial charge in [-0.25, -0.2) is 39.9 Å². The fourth-order valence-corrected chi connectivity index (χ4v) is 19.3. The number of rotatable bonds is 42. The van der Waals surface area contributed by atoms with E-state index in [1.165, 1.54) is 46.2 Å². The van der Waals surface area contributed by atoms with Crippen LogP contribution in [-0.2, 0) is 51.9 Å². The Morgan fingerprint density at radius 1 is 0.360 bits per heavy atom. The maximum Gasteiger partial charge on any atom is 0.141 e. The molecule has 8 aromatic carbocycles. The number of nitrogens with zero attached hydrogens (tertiary/aromatic N) is 16. The Morgan fingerprint density at radius 2 is 0.626 bits per heavy atom. The van der Waals surface area contributed by atoms with Crippen LogP contribution in [0.2, 0.25) is 0 Å². The number of aromatic nitrogens is 8. The highest BCUT2D eigenvalue weighted by molar-refractivity contribution is 7.13. The number of benzene rings is 8. The molecule has 139 heavy (non-hydrogen) atoms. The molecular formula is C113H146N20O2S4. The van der Waals surface area contributed by atoms with Gasteiger partial charge in [-0.1, -0.05) is 196 Å². The second kappa shape index (κ2) is 53.2. The molecule has 0 spiro atoms. The zero-order chi connectivity index (χ0) is 95.4. The van der Waals surface area contributed by atoms with Crippen LogP contribution in [0, 0.1) is 0 Å². The van der Waals surface area contributed by atoms with E-state index in [0.717, 1.165) is 271 Å². The average molecular weight is 1940 g/mol. The van der Waals surface area contributed by atoms with Crippen molar-refractivity contribution < 1.29 is 9.47 Å². The SMILES string of the molecule is C.C.C.CCCOc1ccc(Cc2nc3cc(N=C(N)c4cccs4)ccc3n2CCN(CC)CC)cc1.CCN(CC)CCn1c(Cc2ccc(C(C)C)cc2)nc2cc(N=C(N)c3cccs3)ccc21.CCN(CC)CCn1c(Cc2ccc(C3CC3)cc2)nc2cc(N=C(N)c3cccs3)ccc21.CCN(CC)CCn1c(Cc2ccc(OC)cc2)nc2cc(N=C(N)c3cccs3)ccc21. The third-order valence-corrected chi connectivity index (χ3v) is 28.7. The number of aliphatic imine (C=N–C) groups is 4. The molecular weight excluding hydrogens is 1800 g/mol. The van der Waals surface area contributed by atoms with E-state index in [1.807, 2.05) is 131 Å². The van der Waals surface area contributed by atoms with Crippen molar-refractivity contribution in [2.24, 2.45) is 42.9 Å². The highest BCUT2D eigenvalue weighted by Crippen LogP contribution is 2.40. The molecule has 16 aromatic rings. The van der Waals surface area contributed by atoms with Gasteiger partial charge in [0, 0.05) is 78.0 Å². The van der Waals surface area contributed by atoms with Gasteiger partial charge in [0.15, 0.2) is 0 Å². The molecule has 22 nitrogen and oxygen atoms in total. The number of amidine groups is 4. The van der Waals surface area contributed by atoms with Crippen LogP contribution in [0.4, 0.5) is 22.7 Å². The minimum Gasteiger partial charge on any atom is -0.497 e. The molecule has 26 heteroatoms. The maximum atomic E-state index is 6.23. The Morgan fingerprint density at radius 3 is 0.863 bits per heavy atom. The predicted molar refractivity (Wildman–Crippen MR) is 594 cm³/mol. The third kappa shape index (κ3) is 29.2. The van der Waals surface area contributed by atoms with E-state index < -0.39 is 0 Å². The first kappa shape index (κ1) is 107. The molecule has 1 aliphatic rings. The van der Waals surface area contributed by atoms with E-state index in [0.29, 0.717) is 29.3 Å². The number of ether oxygens (including phenoxy) is 2. The first-order valence-corrected chi connectivity index (χ1v) is 51.8. The summed E-state index contributed by atoms with van der Waals surface area (Å²) in [4.78, 5) is 52.5. The Kier molecular flexibility index (Phi) is 41.0. The molecule has 1 fully saturated rings. The zero-order valence-electron chi connectivity index (χ0n) is 81.1. The van der Waals surface area contributed by atoms with E-state index in [4.69, 9.17) is 52.3 Å². The van der Waals surface area contributed by atoms with Gasteiger partial charge in [-0.15, -0.1) is 45.3 Å². The molecule has 0 aliphatic heterocycles. The summed E-state index contributed by atoms with van der Waals surface area (Å²) in [6.07, 6.45) is 6.83. The highest BCUT2D eigenvalue weighted by Gasteiger charge is 2.25. The monoisotopic (exact) mass is 1940 g/mol. The van der Waals surface area contributed by atoms with E-state index in [1.54, 1.807) is 52.5 Å². The van der Waals surface area contributed by atoms with Crippen LogP contribution >= 0.6 is 45.3 Å². The molecule has 1 saturated carbocycles. The van der Waals surface area contributed by atoms with Crippen molar-refractivity contribution in [3.05, 3.63) is 316 Å². The lowest BCUT2D eigenvalue weighted by atomic mass is 10.0. The van der Waals surface area contributed by atoms with Crippen molar-refractivity contribution in [3.8, 4) is 11.5 Å². The summed E-state index contributed by atoms with van der Waals surface area (Å²) >= 11 is 6.38. The van der Waals surface area contributed by atoms with Gasteiger partial charge < -0.3 is 70.3 Å². The molecule has 0 unspecified atom stereocenters. The number of methoxy groups -OCH3 is 1. The summed E-state index contributed by atoms with van der Waals surface area (Å²) in [7, 11) is 1.69. The lowest BCUT2D eigenvalue weighted by molar-refractivity contribution is 0.291. The largest absolute Gasteiger partial charge is 0.497 e. The number of nitrogens with two attached hydrogens (primary N) is 4. The van der Waals surface area contributed by atoms with Gasteiger partial charge in [0.05, 0.1) is 100 Å². The molecule has 8 N–H and O–H groups in total. The van der Waals surface area contributed by atoms with Crippen molar-refractivity contribution in [2.45, 2.75) is 181 Å². The summed E-state index contributed by atoms with van der Waals surface area (Å²) in [6, 6.07) is 75.4. The fourth-order valence-electron chi connectivity index (χ4n) is 16.8. The smallest absolute Gasteiger partial charge is 0.141 e. The molecule has 1 aliphatic carbocycles. The van der Waals surface area contributed by atoms with Gasteiger partial charge in [0.25, 0.3) is 0 Å². The standard InChI is InChI=1S/C28H35N5OS.C28H33N5S.C28H35N5S.C26H31N5OS.3CH4/c1-4-17-34-23-12-9-21(10-13-23)19-27-31-24-20-22(30-28(29)26-8-7-18-35-26)11-14-25(24)33(27)16-15-32(5-2)6-3;1-3-32(4-2)15-16-33-25-14-13-23(30-28(29)26-6-5-17-34-26)19-24(25)31-27(33)18-20-7-9-21(10-8-20)22-11-12-22;1-5-32(6-2)15-16-33-25-14-13-23(30-28(29)26-8-7-17-34-26)19-24(25)31-27(33)18-21-9-11-22(12-10-21)20(3)4;1-4-30(5-2)14-15-31-23-13-10-20(28-26(27)24-7-6-16-33-24)18-22(23)29-25(31)17-19-8-11-21(32-3)12-9-19;;;/h7-14,18,20H,4-6,15-17,19H2,1-3H3,(H2,29,30);5-10,13-14,17,19,22H,3-4,11-12,15-16,18H2,1-2H3,(H2,29,30);7-14,17,19-20H,5-6,15-16,18H2,1-4H3,(H2,29,30);6-13,16,18H,4-5,14-15,17H2,1-3H3,(H2,27,28);3*1H4. The third-order valence-electron chi connectivity index (χ3n) is 25.2. The Labute approximate surface area is 841 Å². The minimum atomic E-state index is 0. The topological polar surface area (TPSA) is 256 Å². The second-order valence-corrected chi connectivity index (χ2v) is 38.2. The van der Waals surface area contributed by atoms with Crippen molar-refractivity contribution in [1.29, 1.82) is 0 Å². The number of thiophene rings is 4. The summed E-state index contributed by atoms with van der Waals surface area (Å²) in [6.45, 7) is 41.0. The molecule has 8 heterocycles. The first-order valence-electron chi connectivity index (χ1n) is 48.2. The van der Waals surface area contributed by atoms with Crippen LogP contribution < -0.4 is 32.4 Å². The number of hydrogen-bond donors (Lipinski definition) is 4. The molecule has 8 aromatic heterocycles. The Bertz CT molecular complexity index is 6340. The summed E-state index contributed by atoms with van der Waals surface area (Å²) in [5, 5.41) is 8.04. The molecule has 0 saturated heterocycles. The van der Waals surface area contributed by atoms with Crippen molar-refractivity contribution in [1.82, 2.24) is 57.8 Å². The number of fused-ring (bicyclic) bond motifs is 4. The highest BCUT2D eigenvalue weighted by atomic mass is 32.1. The maximum absolute atomic E-state index is 6.23. The average Bonchev–Trinajstić information content (AvgIpc) is 1.67. The van der Waals surface area contributed by atoms with Gasteiger partial charge in [-0.2, -0.15) is 0 Å². The molecule has 0 amide bonds. The van der Waals surface area contributed by atoms with Crippen LogP contribution in [-0.4, -0.2) is 173 Å². The van der Waals surface area contributed by atoms with Crippen LogP contribution in [0.15, 0.2) is 260 Å². The Balaban J connectivity index is 0.000000176. The first-order chi connectivity index (χ1) is 66.3. The van der Waals surface area contributed by atoms with Crippen molar-refractivity contribution >= 4 is 136 Å². The summed E-state index contributed by atoms with van der Waals surface area (Å²) in [5.41, 5.74) is 44.4. The number of likely N-dealkylation sites (N-methyl/N-ethyl adjacent to an activating group) is 4. The molecule has 734 valence electrons. The minimum absolute atomic E-state index is 0. The molecule has 17 rings (SSSR count). The van der Waals surface area contributed by atoms with Crippen LogP contribution in [0.3, 0.4) is 0 Å². The zero-order valence-corrected chi connectivity index (χ0v) is 84.4. The fraction of sp³-hybridized carbons (Fsp3) is 0.363. The molecule has 0 radical (unpaired) electrons. The van der Waals surface area contributed by atoms with E-state index >= 15 is 0 Å². The molecule has 0 bridgehead atoms. The number of imidazole rings is 4. The predicted octanol–water partition coefficient (Wildman–Crippen LogP) is 25.0. The lowest BCUT2D eigenvalue weighted by Gasteiger charge is -2.19. The quantitative estimate of drug-likeness (QED) is 0.0205. The summed E-state index contributed by atoms with van der Waals surface area (Å²) in [5.74, 6) is 9.55. The van der Waals surface area contributed by atoms with Crippen LogP contribution in [0.5, 0.6) is 11.5 Å². The van der Waals surface area contributed by atoms with Crippen molar-refractivity contribution in [2.75, 3.05) is 92.3 Å². The Hall–Kier alpha value is -12.2. The van der Waals surface area contributed by atoms with E-state index in [9.17, 15) is 0 Å². The van der Waals surface area contributed by atoms with Gasteiger partial charge in [0.1, 0.15) is 58.1 Å². The normalized spacial score (nSPS) is 12.4. The van der Waals surface area contributed by atoms with E-state index in [-0.39, 0.29) is 22.3 Å². The van der Waals surface area contributed by atoms with Crippen LogP contribution in [0.25, 0.3) is 44.1 Å². The van der Waals surface area contributed by atoms with Crippen LogP contribution in [0.1, 0.15) is 206 Å². The summed E-state index contributed by atoms with van der Waals surface area (Å²) < 4.78 is 20.5. The van der Waals surface area contributed by atoms with Crippen molar-refractivity contribution in [3.63, 3.8) is 0 Å². The van der Waals surface area contributed by atoms with E-state index in [2.05, 4.69) is 243 Å². The van der Waals surface area contributed by atoms with Gasteiger partial charge in [0.2, 0.25) is 0 Å². The van der Waals surface area contributed by atoms with Gasteiger partial charge >= 0.3 is 0 Å². The molecule has 0 atom stereocenters. The second-order valence-electron chi connectivity index (χ2n) is 34.4. The number of hydrogen-bond acceptors (Lipinski definition) is 18.